The third kappa shape index (κ3) is 4.13. The molecule has 2 aromatic heterocycles. The number of halogens is 1. The predicted molar refractivity (Wildman–Crippen MR) is 121 cm³/mol. The van der Waals surface area contributed by atoms with Gasteiger partial charge in [-0.3, -0.25) is 9.78 Å². The van der Waals surface area contributed by atoms with Crippen LogP contribution in [-0.2, 0) is 4.74 Å². The minimum atomic E-state index is -0.0725. The first-order valence-corrected chi connectivity index (χ1v) is 10.8. The van der Waals surface area contributed by atoms with E-state index < -0.39 is 0 Å². The number of benzene rings is 2. The molecule has 148 valence electrons. The molecule has 0 bridgehead atoms. The lowest BCUT2D eigenvalue weighted by Gasteiger charge is -2.07. The second-order valence-electron chi connectivity index (χ2n) is 6.64. The first-order chi connectivity index (χ1) is 14.2. The summed E-state index contributed by atoms with van der Waals surface area (Å²) in [6.07, 6.45) is 2.65. The molecule has 6 heteroatoms. The average molecular weight is 425 g/mol. The van der Waals surface area contributed by atoms with Crippen molar-refractivity contribution in [1.29, 1.82) is 0 Å². The molecule has 1 amide bonds. The van der Waals surface area contributed by atoms with Crippen molar-refractivity contribution in [2.45, 2.75) is 13.3 Å². The summed E-state index contributed by atoms with van der Waals surface area (Å²) in [6.45, 7) is 3.87. The lowest BCUT2D eigenvalue weighted by atomic mass is 10.0. The van der Waals surface area contributed by atoms with E-state index in [-0.39, 0.29) is 5.91 Å². The fourth-order valence-electron chi connectivity index (χ4n) is 3.34. The molecule has 0 spiro atoms. The molecule has 1 N–H and O–H groups in total. The van der Waals surface area contributed by atoms with Crippen molar-refractivity contribution in [3.05, 3.63) is 64.6 Å². The fraction of sp³-hybridized carbons (Fsp3) is 0.217. The van der Waals surface area contributed by atoms with Gasteiger partial charge in [0.1, 0.15) is 4.88 Å². The summed E-state index contributed by atoms with van der Waals surface area (Å²) in [5.41, 5.74) is 2.78. The summed E-state index contributed by atoms with van der Waals surface area (Å²) in [7, 11) is 0. The largest absolute Gasteiger partial charge is 0.382 e. The summed E-state index contributed by atoms with van der Waals surface area (Å²) in [5, 5.41) is 5.74. The summed E-state index contributed by atoms with van der Waals surface area (Å²) in [6, 6.07) is 15.6. The van der Waals surface area contributed by atoms with Gasteiger partial charge in [-0.15, -0.1) is 11.3 Å². The van der Waals surface area contributed by atoms with Crippen LogP contribution in [0, 0.1) is 0 Å². The van der Waals surface area contributed by atoms with Crippen molar-refractivity contribution in [2.75, 3.05) is 19.8 Å². The number of nitrogens with zero attached hydrogens (tertiary/aromatic N) is 1. The van der Waals surface area contributed by atoms with Gasteiger partial charge in [0.05, 0.1) is 5.52 Å². The minimum Gasteiger partial charge on any atom is -0.382 e. The molecule has 29 heavy (non-hydrogen) atoms. The Morgan fingerprint density at radius 2 is 1.93 bits per heavy atom. The molecule has 0 aliphatic heterocycles. The number of rotatable bonds is 7. The Morgan fingerprint density at radius 3 is 2.72 bits per heavy atom. The van der Waals surface area contributed by atoms with Crippen molar-refractivity contribution in [3.8, 4) is 11.1 Å². The van der Waals surface area contributed by atoms with Gasteiger partial charge in [0.2, 0.25) is 0 Å². The summed E-state index contributed by atoms with van der Waals surface area (Å²) < 4.78 is 6.42. The number of aromatic nitrogens is 1. The Bertz CT molecular complexity index is 1150. The highest BCUT2D eigenvalue weighted by Crippen LogP contribution is 2.41. The molecule has 4 rings (SSSR count). The Labute approximate surface area is 178 Å². The molecule has 0 radical (unpaired) electrons. The van der Waals surface area contributed by atoms with Gasteiger partial charge in [-0.1, -0.05) is 41.9 Å². The van der Waals surface area contributed by atoms with E-state index in [1.807, 2.05) is 55.6 Å². The van der Waals surface area contributed by atoms with Crippen molar-refractivity contribution in [1.82, 2.24) is 10.3 Å². The molecular weight excluding hydrogens is 404 g/mol. The number of amides is 1. The van der Waals surface area contributed by atoms with Crippen LogP contribution in [0.2, 0.25) is 5.02 Å². The maximum atomic E-state index is 13.1. The zero-order valence-electron chi connectivity index (χ0n) is 16.1. The van der Waals surface area contributed by atoms with Gasteiger partial charge in [-0.05, 0) is 37.1 Å². The Morgan fingerprint density at radius 1 is 1.14 bits per heavy atom. The van der Waals surface area contributed by atoms with E-state index in [2.05, 4.69) is 16.4 Å². The molecule has 0 unspecified atom stereocenters. The standard InChI is InChI=1S/C23H21ClN2O2S/c1-2-28-13-5-12-25-23(27)22-20(15-8-10-16(24)11-9-15)18-14-26-19-7-4-3-6-17(19)21(18)29-22/h3-4,6-11,14H,2,5,12-13H2,1H3,(H,25,27). The van der Waals surface area contributed by atoms with Crippen LogP contribution < -0.4 is 5.32 Å². The van der Waals surface area contributed by atoms with Crippen LogP contribution in [0.5, 0.6) is 0 Å². The fourth-order valence-corrected chi connectivity index (χ4v) is 4.72. The van der Waals surface area contributed by atoms with E-state index in [4.69, 9.17) is 16.3 Å². The number of ether oxygens (including phenoxy) is 1. The second kappa shape index (κ2) is 8.91. The summed E-state index contributed by atoms with van der Waals surface area (Å²) >= 11 is 7.59. The highest BCUT2D eigenvalue weighted by molar-refractivity contribution is 7.22. The van der Waals surface area contributed by atoms with E-state index in [1.54, 1.807) is 0 Å². The van der Waals surface area contributed by atoms with Gasteiger partial charge in [0.25, 0.3) is 5.91 Å². The van der Waals surface area contributed by atoms with Crippen LogP contribution in [0.25, 0.3) is 32.1 Å². The van der Waals surface area contributed by atoms with Crippen LogP contribution in [0.3, 0.4) is 0 Å². The highest BCUT2D eigenvalue weighted by atomic mass is 35.5. The molecule has 0 aliphatic carbocycles. The third-order valence-electron chi connectivity index (χ3n) is 4.72. The molecule has 0 saturated carbocycles. The number of hydrogen-bond acceptors (Lipinski definition) is 4. The quantitative estimate of drug-likeness (QED) is 0.374. The van der Waals surface area contributed by atoms with Gasteiger partial charge < -0.3 is 10.1 Å². The maximum absolute atomic E-state index is 13.1. The molecule has 0 fully saturated rings. The number of thiophene rings is 1. The van der Waals surface area contributed by atoms with Gasteiger partial charge in [-0.2, -0.15) is 0 Å². The Hall–Kier alpha value is -2.47. The molecule has 2 aromatic carbocycles. The number of carbonyl (C=O) groups excluding carboxylic acids is 1. The lowest BCUT2D eigenvalue weighted by Crippen LogP contribution is -2.24. The summed E-state index contributed by atoms with van der Waals surface area (Å²) in [4.78, 5) is 18.4. The number of pyridine rings is 1. The van der Waals surface area contributed by atoms with E-state index in [0.717, 1.165) is 38.5 Å². The SMILES string of the molecule is CCOCCCNC(=O)c1sc2c(cnc3ccccc32)c1-c1ccc(Cl)cc1. The van der Waals surface area contributed by atoms with Crippen LogP contribution in [0.15, 0.2) is 54.7 Å². The first-order valence-electron chi connectivity index (χ1n) is 9.61. The molecule has 2 heterocycles. The van der Waals surface area contributed by atoms with Crippen LogP contribution in [0.4, 0.5) is 0 Å². The Kier molecular flexibility index (Phi) is 6.09. The van der Waals surface area contributed by atoms with Crippen molar-refractivity contribution >= 4 is 49.8 Å². The molecule has 0 aliphatic rings. The summed E-state index contributed by atoms with van der Waals surface area (Å²) in [5.74, 6) is -0.0725. The number of nitrogens with one attached hydrogen (secondary N) is 1. The molecule has 4 nitrogen and oxygen atoms in total. The van der Waals surface area contributed by atoms with Crippen LogP contribution >= 0.6 is 22.9 Å². The van der Waals surface area contributed by atoms with Crippen molar-refractivity contribution < 1.29 is 9.53 Å². The van der Waals surface area contributed by atoms with Gasteiger partial charge in [0.15, 0.2) is 0 Å². The van der Waals surface area contributed by atoms with Crippen LogP contribution in [0.1, 0.15) is 23.0 Å². The number of hydrogen-bond donors (Lipinski definition) is 1. The van der Waals surface area contributed by atoms with E-state index in [9.17, 15) is 4.79 Å². The van der Waals surface area contributed by atoms with Gasteiger partial charge in [0, 0.05) is 52.0 Å². The topological polar surface area (TPSA) is 51.2 Å². The second-order valence-corrected chi connectivity index (χ2v) is 8.09. The van der Waals surface area contributed by atoms with E-state index >= 15 is 0 Å². The molecule has 4 aromatic rings. The zero-order chi connectivity index (χ0) is 20.2. The average Bonchev–Trinajstić information content (AvgIpc) is 3.14. The number of carbonyl (C=O) groups is 1. The van der Waals surface area contributed by atoms with Crippen LogP contribution in [-0.4, -0.2) is 30.6 Å². The third-order valence-corrected chi connectivity index (χ3v) is 6.21. The van der Waals surface area contributed by atoms with E-state index in [0.29, 0.717) is 29.7 Å². The number of fused-ring (bicyclic) bond motifs is 3. The predicted octanol–water partition coefficient (Wildman–Crippen LogP) is 5.93. The van der Waals surface area contributed by atoms with Gasteiger partial charge in [-0.25, -0.2) is 0 Å². The highest BCUT2D eigenvalue weighted by Gasteiger charge is 2.21. The molecule has 0 atom stereocenters. The molecular formula is C23H21ClN2O2S. The van der Waals surface area contributed by atoms with E-state index in [1.165, 1.54) is 11.3 Å². The smallest absolute Gasteiger partial charge is 0.262 e. The van der Waals surface area contributed by atoms with Crippen molar-refractivity contribution in [2.24, 2.45) is 0 Å². The normalized spacial score (nSPS) is 11.2. The Balaban J connectivity index is 1.79. The maximum Gasteiger partial charge on any atom is 0.262 e. The minimum absolute atomic E-state index is 0.0725. The number of para-hydroxylation sites is 1. The monoisotopic (exact) mass is 424 g/mol. The lowest BCUT2D eigenvalue weighted by molar-refractivity contribution is 0.0949. The zero-order valence-corrected chi connectivity index (χ0v) is 17.6. The van der Waals surface area contributed by atoms with Crippen molar-refractivity contribution in [3.63, 3.8) is 0 Å². The van der Waals surface area contributed by atoms with Gasteiger partial charge >= 0.3 is 0 Å². The first kappa shape index (κ1) is 19.8. The molecule has 0 saturated heterocycles.